The first-order valence-corrected chi connectivity index (χ1v) is 7.03. The van der Waals surface area contributed by atoms with Crippen molar-refractivity contribution in [3.05, 3.63) is 30.0 Å². The number of nitrogens with one attached hydrogen (secondary N) is 1. The summed E-state index contributed by atoms with van der Waals surface area (Å²) in [6.07, 6.45) is 1.99. The van der Waals surface area contributed by atoms with E-state index in [1.807, 2.05) is 18.2 Å². The van der Waals surface area contributed by atoms with Gasteiger partial charge in [0.15, 0.2) is 0 Å². The second-order valence-corrected chi connectivity index (χ2v) is 5.39. The summed E-state index contributed by atoms with van der Waals surface area (Å²) in [6.45, 7) is 1.77. The predicted molar refractivity (Wildman–Crippen MR) is 83.0 cm³/mol. The number of amides is 1. The molecule has 0 aliphatic heterocycles. The standard InChI is InChI=1S/C16H20N2O4/c1-10(16(20)21)9-18(2)14(19)7-11-8-17-12-5-4-6-13(22-3)15(11)12/h4-6,8,10,17H,7,9H2,1-3H3,(H,20,21). The lowest BCUT2D eigenvalue weighted by atomic mass is 10.1. The Kier molecular flexibility index (Phi) is 4.70. The van der Waals surface area contributed by atoms with Crippen molar-refractivity contribution in [3.63, 3.8) is 0 Å². The van der Waals surface area contributed by atoms with Crippen LogP contribution in [-0.4, -0.2) is 47.6 Å². The molecule has 118 valence electrons. The van der Waals surface area contributed by atoms with E-state index < -0.39 is 11.9 Å². The summed E-state index contributed by atoms with van der Waals surface area (Å²) in [5, 5.41) is 9.81. The zero-order chi connectivity index (χ0) is 16.3. The highest BCUT2D eigenvalue weighted by Crippen LogP contribution is 2.29. The number of nitrogens with zero attached hydrogens (tertiary/aromatic N) is 1. The molecule has 22 heavy (non-hydrogen) atoms. The zero-order valence-electron chi connectivity index (χ0n) is 12.9. The average Bonchev–Trinajstić information content (AvgIpc) is 2.90. The fraction of sp³-hybridized carbons (Fsp3) is 0.375. The molecule has 0 aliphatic carbocycles. The third-order valence-corrected chi connectivity index (χ3v) is 3.71. The predicted octanol–water partition coefficient (Wildman–Crippen LogP) is 1.90. The van der Waals surface area contributed by atoms with Gasteiger partial charge in [0.05, 0.1) is 19.4 Å². The zero-order valence-corrected chi connectivity index (χ0v) is 12.9. The quantitative estimate of drug-likeness (QED) is 0.854. The molecule has 1 unspecified atom stereocenters. The number of fused-ring (bicyclic) bond motifs is 1. The molecule has 1 aromatic heterocycles. The van der Waals surface area contributed by atoms with Crippen molar-refractivity contribution >= 4 is 22.8 Å². The maximum atomic E-state index is 12.3. The molecule has 2 aromatic rings. The van der Waals surface area contributed by atoms with Gasteiger partial charge in [0.25, 0.3) is 0 Å². The Morgan fingerprint density at radius 1 is 1.41 bits per heavy atom. The van der Waals surface area contributed by atoms with Crippen molar-refractivity contribution in [2.45, 2.75) is 13.3 Å². The third-order valence-electron chi connectivity index (χ3n) is 3.71. The number of benzene rings is 1. The van der Waals surface area contributed by atoms with Crippen LogP contribution in [0.1, 0.15) is 12.5 Å². The number of aromatic nitrogens is 1. The van der Waals surface area contributed by atoms with Crippen molar-refractivity contribution in [2.24, 2.45) is 5.92 Å². The summed E-state index contributed by atoms with van der Waals surface area (Å²) >= 11 is 0. The van der Waals surface area contributed by atoms with Gasteiger partial charge in [-0.15, -0.1) is 0 Å². The van der Waals surface area contributed by atoms with E-state index in [0.29, 0.717) is 5.75 Å². The number of likely N-dealkylation sites (N-methyl/N-ethyl adjacent to an activating group) is 1. The summed E-state index contributed by atoms with van der Waals surface area (Å²) < 4.78 is 5.34. The summed E-state index contributed by atoms with van der Waals surface area (Å²) in [5.41, 5.74) is 1.75. The maximum absolute atomic E-state index is 12.3. The molecule has 0 radical (unpaired) electrons. The second kappa shape index (κ2) is 6.51. The van der Waals surface area contributed by atoms with Crippen molar-refractivity contribution in [1.29, 1.82) is 0 Å². The number of carboxylic acids is 1. The molecule has 1 aromatic carbocycles. The number of aliphatic carboxylic acids is 1. The van der Waals surface area contributed by atoms with Gasteiger partial charge in [0.2, 0.25) is 5.91 Å². The van der Waals surface area contributed by atoms with Crippen LogP contribution < -0.4 is 4.74 Å². The molecule has 0 spiro atoms. The van der Waals surface area contributed by atoms with Crippen LogP contribution >= 0.6 is 0 Å². The van der Waals surface area contributed by atoms with Gasteiger partial charge in [0, 0.05) is 30.7 Å². The van der Waals surface area contributed by atoms with Crippen LogP contribution in [0.5, 0.6) is 5.75 Å². The highest BCUT2D eigenvalue weighted by atomic mass is 16.5. The average molecular weight is 304 g/mol. The fourth-order valence-electron chi connectivity index (χ4n) is 2.42. The number of hydrogen-bond acceptors (Lipinski definition) is 3. The maximum Gasteiger partial charge on any atom is 0.308 e. The number of methoxy groups -OCH3 is 1. The van der Waals surface area contributed by atoms with E-state index in [2.05, 4.69) is 4.98 Å². The van der Waals surface area contributed by atoms with E-state index in [4.69, 9.17) is 9.84 Å². The van der Waals surface area contributed by atoms with Crippen LogP contribution in [0.4, 0.5) is 0 Å². The highest BCUT2D eigenvalue weighted by molar-refractivity contribution is 5.93. The third kappa shape index (κ3) is 3.21. The first kappa shape index (κ1) is 15.9. The molecule has 1 amide bonds. The molecular weight excluding hydrogens is 284 g/mol. The lowest BCUT2D eigenvalue weighted by Gasteiger charge is -2.19. The number of carbonyl (C=O) groups excluding carboxylic acids is 1. The number of carbonyl (C=O) groups is 2. The lowest BCUT2D eigenvalue weighted by Crippen LogP contribution is -2.34. The normalized spacial score (nSPS) is 12.1. The molecule has 6 heteroatoms. The van der Waals surface area contributed by atoms with Crippen molar-refractivity contribution < 1.29 is 19.4 Å². The van der Waals surface area contributed by atoms with E-state index >= 15 is 0 Å². The van der Waals surface area contributed by atoms with Gasteiger partial charge in [-0.1, -0.05) is 13.0 Å². The number of rotatable bonds is 6. The Morgan fingerprint density at radius 2 is 2.14 bits per heavy atom. The van der Waals surface area contributed by atoms with Gasteiger partial charge >= 0.3 is 5.97 Å². The van der Waals surface area contributed by atoms with Crippen LogP contribution in [0.2, 0.25) is 0 Å². The number of ether oxygens (including phenoxy) is 1. The SMILES string of the molecule is COc1cccc2[nH]cc(CC(=O)N(C)CC(C)C(=O)O)c12. The minimum Gasteiger partial charge on any atom is -0.496 e. The molecule has 0 aliphatic rings. The molecule has 6 nitrogen and oxygen atoms in total. The molecule has 1 atom stereocenters. The Bertz CT molecular complexity index is 693. The summed E-state index contributed by atoms with van der Waals surface area (Å²) in [6, 6.07) is 5.65. The van der Waals surface area contributed by atoms with Gasteiger partial charge in [-0.05, 0) is 17.7 Å². The van der Waals surface area contributed by atoms with Gasteiger partial charge in [-0.2, -0.15) is 0 Å². The van der Waals surface area contributed by atoms with E-state index in [1.54, 1.807) is 27.3 Å². The Balaban J connectivity index is 2.17. The Labute approximate surface area is 128 Å². The largest absolute Gasteiger partial charge is 0.496 e. The van der Waals surface area contributed by atoms with Crippen molar-refractivity contribution in [3.8, 4) is 5.75 Å². The molecule has 0 saturated heterocycles. The van der Waals surface area contributed by atoms with E-state index in [0.717, 1.165) is 16.5 Å². The number of H-pyrrole nitrogens is 1. The summed E-state index contributed by atoms with van der Waals surface area (Å²) in [5.74, 6) is -0.914. The van der Waals surface area contributed by atoms with Gasteiger partial charge in [0.1, 0.15) is 5.75 Å². The van der Waals surface area contributed by atoms with Crippen LogP contribution in [0.3, 0.4) is 0 Å². The van der Waals surface area contributed by atoms with Crippen LogP contribution in [0.15, 0.2) is 24.4 Å². The van der Waals surface area contributed by atoms with Crippen molar-refractivity contribution in [1.82, 2.24) is 9.88 Å². The smallest absolute Gasteiger partial charge is 0.308 e. The van der Waals surface area contributed by atoms with Crippen LogP contribution in [0, 0.1) is 5.92 Å². The monoisotopic (exact) mass is 304 g/mol. The molecular formula is C16H20N2O4. The first-order valence-electron chi connectivity index (χ1n) is 7.03. The van der Waals surface area contributed by atoms with Crippen LogP contribution in [-0.2, 0) is 16.0 Å². The van der Waals surface area contributed by atoms with Crippen LogP contribution in [0.25, 0.3) is 10.9 Å². The van der Waals surface area contributed by atoms with E-state index in [9.17, 15) is 9.59 Å². The number of aromatic amines is 1. The topological polar surface area (TPSA) is 82.6 Å². The van der Waals surface area contributed by atoms with E-state index in [-0.39, 0.29) is 18.9 Å². The molecule has 0 saturated carbocycles. The second-order valence-electron chi connectivity index (χ2n) is 5.39. The molecule has 2 N–H and O–H groups in total. The molecule has 0 bridgehead atoms. The lowest BCUT2D eigenvalue weighted by molar-refractivity contribution is -0.142. The van der Waals surface area contributed by atoms with Gasteiger partial charge in [-0.3, -0.25) is 9.59 Å². The number of carboxylic acid groups (broad SMARTS) is 1. The first-order chi connectivity index (χ1) is 10.4. The summed E-state index contributed by atoms with van der Waals surface area (Å²) in [7, 11) is 3.21. The molecule has 1 heterocycles. The summed E-state index contributed by atoms with van der Waals surface area (Å²) in [4.78, 5) is 27.7. The molecule has 0 fully saturated rings. The van der Waals surface area contributed by atoms with Gasteiger partial charge < -0.3 is 19.7 Å². The fourth-order valence-corrected chi connectivity index (χ4v) is 2.42. The highest BCUT2D eigenvalue weighted by Gasteiger charge is 2.19. The molecule has 2 rings (SSSR count). The Morgan fingerprint density at radius 3 is 2.77 bits per heavy atom. The van der Waals surface area contributed by atoms with Gasteiger partial charge in [-0.25, -0.2) is 0 Å². The minimum atomic E-state index is -0.909. The Hall–Kier alpha value is -2.50. The van der Waals surface area contributed by atoms with Crippen molar-refractivity contribution in [2.75, 3.05) is 20.7 Å². The van der Waals surface area contributed by atoms with E-state index in [1.165, 1.54) is 4.90 Å². The minimum absolute atomic E-state index is 0.125. The number of hydrogen-bond donors (Lipinski definition) is 2.